The number of hydrogen-bond acceptors (Lipinski definition) is 2. The first-order valence-corrected chi connectivity index (χ1v) is 1.00. The van der Waals surface area contributed by atoms with Crippen LogP contribution in [0.25, 0.3) is 0 Å². The molecular weight excluding hydrogens is 142 g/mol. The molecule has 0 aliphatic heterocycles. The fraction of sp³-hybridized carbons (Fsp3) is 0. The molecule has 0 N–H and O–H groups in total. The first-order chi connectivity index (χ1) is 1.41. The first kappa shape index (κ1) is 24.2. The summed E-state index contributed by atoms with van der Waals surface area (Å²) in [6.07, 6.45) is 0. The van der Waals surface area contributed by atoms with Crippen molar-refractivity contribution in [2.45, 2.75) is 0 Å². The minimum atomic E-state index is -0.750. The number of hydrogen-bond donors (Lipinski definition) is 0. The largest absolute Gasteiger partial charge is 2.00 e. The molecule has 0 atom stereocenters. The van der Waals surface area contributed by atoms with Crippen LogP contribution in [0.5, 0.6) is 0 Å². The summed E-state index contributed by atoms with van der Waals surface area (Å²) in [5.41, 5.74) is 0. The van der Waals surface area contributed by atoms with Crippen molar-refractivity contribution in [1.82, 2.24) is 0 Å². The van der Waals surface area contributed by atoms with E-state index >= 15 is 0 Å². The van der Waals surface area contributed by atoms with E-state index in [1.54, 1.807) is 0 Å². The van der Waals surface area contributed by atoms with Gasteiger partial charge in [0.15, 0.2) is 0 Å². The quantitative estimate of drug-likeness (QED) is 0.315. The summed E-state index contributed by atoms with van der Waals surface area (Å²) in [4.78, 5) is 0. The molecule has 0 aromatic heterocycles. The van der Waals surface area contributed by atoms with Crippen molar-refractivity contribution >= 4 is 25.1 Å². The van der Waals surface area contributed by atoms with Gasteiger partial charge in [0.05, 0.1) is 0 Å². The van der Waals surface area contributed by atoms with Crippen LogP contribution >= 0.6 is 0 Å². The Morgan fingerprint density at radius 1 is 1.00 bits per heavy atom. The van der Waals surface area contributed by atoms with Crippen molar-refractivity contribution in [1.29, 1.82) is 0 Å². The molecule has 6 heteroatoms. The summed E-state index contributed by atoms with van der Waals surface area (Å²) in [6, 6.07) is 0. The minimum Gasteiger partial charge on any atom is -2.00 e. The van der Waals surface area contributed by atoms with Crippen molar-refractivity contribution in [2.75, 3.05) is 0 Å². The van der Waals surface area contributed by atoms with Gasteiger partial charge in [-0.2, -0.15) is 8.42 Å². The standard InChI is InChI=1S/2Na.O2S.S/c;;1-3-2;/q2*+1;;-2. The minimum absolute atomic E-state index is 0. The van der Waals surface area contributed by atoms with E-state index in [-0.39, 0.29) is 72.6 Å². The van der Waals surface area contributed by atoms with Gasteiger partial charge in [-0.3, -0.25) is 0 Å². The summed E-state index contributed by atoms with van der Waals surface area (Å²) in [5.74, 6) is 0. The molecule has 0 radical (unpaired) electrons. The van der Waals surface area contributed by atoms with Gasteiger partial charge in [-0.1, -0.05) is 0 Å². The monoisotopic (exact) mass is 142 g/mol. The van der Waals surface area contributed by atoms with Gasteiger partial charge in [-0.25, -0.2) is 0 Å². The Morgan fingerprint density at radius 3 is 1.00 bits per heavy atom. The fourth-order valence-corrected chi connectivity index (χ4v) is 0. The third-order valence-corrected chi connectivity index (χ3v) is 0. The van der Waals surface area contributed by atoms with Crippen molar-refractivity contribution in [3.63, 3.8) is 0 Å². The summed E-state index contributed by atoms with van der Waals surface area (Å²) >= 11 is -0.750. The third kappa shape index (κ3) is 35.0. The Morgan fingerprint density at radius 2 is 1.00 bits per heavy atom. The molecule has 2 nitrogen and oxygen atoms in total. The van der Waals surface area contributed by atoms with Crippen LogP contribution in [0.15, 0.2) is 0 Å². The molecule has 0 amide bonds. The van der Waals surface area contributed by atoms with Gasteiger partial charge in [0, 0.05) is 0 Å². The van der Waals surface area contributed by atoms with Gasteiger partial charge in [0.25, 0.3) is 0 Å². The van der Waals surface area contributed by atoms with E-state index in [1.807, 2.05) is 0 Å². The van der Waals surface area contributed by atoms with E-state index in [4.69, 9.17) is 8.42 Å². The Bertz CT molecular complexity index is 30.5. The van der Waals surface area contributed by atoms with Gasteiger partial charge in [-0.05, 0) is 0 Å². The number of rotatable bonds is 0. The van der Waals surface area contributed by atoms with E-state index in [0.29, 0.717) is 0 Å². The molecule has 0 aliphatic rings. The molecule has 26 valence electrons. The Labute approximate surface area is 91.1 Å². The van der Waals surface area contributed by atoms with E-state index in [9.17, 15) is 0 Å². The molecule has 0 spiro atoms. The van der Waals surface area contributed by atoms with Gasteiger partial charge in [0.2, 0.25) is 0 Å². The van der Waals surface area contributed by atoms with Crippen LogP contribution < -0.4 is 59.1 Å². The van der Waals surface area contributed by atoms with Crippen molar-refractivity contribution < 1.29 is 67.5 Å². The van der Waals surface area contributed by atoms with Crippen LogP contribution in [0.4, 0.5) is 0 Å². The van der Waals surface area contributed by atoms with Crippen LogP contribution in [0.3, 0.4) is 0 Å². The summed E-state index contributed by atoms with van der Waals surface area (Å²) in [7, 11) is 0. The topological polar surface area (TPSA) is 34.1 Å². The molecule has 0 aromatic rings. The molecule has 0 heterocycles. The van der Waals surface area contributed by atoms with Crippen molar-refractivity contribution in [3.05, 3.63) is 0 Å². The van der Waals surface area contributed by atoms with E-state index < -0.39 is 11.6 Å². The van der Waals surface area contributed by atoms with E-state index in [1.165, 1.54) is 0 Å². The van der Waals surface area contributed by atoms with Crippen LogP contribution in [0.1, 0.15) is 0 Å². The summed E-state index contributed by atoms with van der Waals surface area (Å²) in [6.45, 7) is 0. The average molecular weight is 142 g/mol. The molecule has 0 aliphatic carbocycles. The molecular formula is Na2O2S2. The Balaban J connectivity index is -0.00000000667. The molecule has 0 unspecified atom stereocenters. The summed E-state index contributed by atoms with van der Waals surface area (Å²) in [5, 5.41) is 0. The van der Waals surface area contributed by atoms with Crippen molar-refractivity contribution in [3.8, 4) is 0 Å². The Kier molecular flexibility index (Phi) is 109. The maximum atomic E-state index is 8.29. The molecule has 0 bridgehead atoms. The molecule has 0 rings (SSSR count). The van der Waals surface area contributed by atoms with Crippen LogP contribution in [-0.4, -0.2) is 8.42 Å². The molecule has 0 fully saturated rings. The van der Waals surface area contributed by atoms with Crippen LogP contribution in [0, 0.1) is 0 Å². The molecule has 0 saturated carbocycles. The second kappa shape index (κ2) is 27.2. The predicted octanol–water partition coefficient (Wildman–Crippen LogP) is -6.66. The zero-order chi connectivity index (χ0) is 2.71. The maximum Gasteiger partial charge on any atom is 1.00 e. The van der Waals surface area contributed by atoms with E-state index in [0.717, 1.165) is 0 Å². The van der Waals surface area contributed by atoms with Crippen LogP contribution in [0.2, 0.25) is 0 Å². The SMILES string of the molecule is O=S=O.[Na+].[Na+].[S-2]. The average Bonchev–Trinajstić information content (AvgIpc) is 0.918. The first-order valence-electron chi connectivity index (χ1n) is 0.333. The van der Waals surface area contributed by atoms with Crippen LogP contribution in [-0.2, 0) is 25.1 Å². The predicted molar refractivity (Wildman–Crippen MR) is 16.3 cm³/mol. The van der Waals surface area contributed by atoms with Gasteiger partial charge >= 0.3 is 70.7 Å². The second-order valence-corrected chi connectivity index (χ2v) is 0.204. The zero-order valence-electron chi connectivity index (χ0n) is 3.63. The Hall–Kier alpha value is 2.17. The smallest absolute Gasteiger partial charge is 1.00 e. The fourth-order valence-electron chi connectivity index (χ4n) is 0. The van der Waals surface area contributed by atoms with Gasteiger partial charge in [0.1, 0.15) is 0 Å². The summed E-state index contributed by atoms with van der Waals surface area (Å²) < 4.78 is 16.6. The second-order valence-electron chi connectivity index (χ2n) is 0.0680. The van der Waals surface area contributed by atoms with E-state index in [2.05, 4.69) is 0 Å². The van der Waals surface area contributed by atoms with Gasteiger partial charge < -0.3 is 13.5 Å². The molecule has 6 heavy (non-hydrogen) atoms. The zero-order valence-corrected chi connectivity index (χ0v) is 9.27. The molecule has 0 saturated heterocycles. The maximum absolute atomic E-state index is 8.29. The normalized spacial score (nSPS) is 2.00. The third-order valence-electron chi connectivity index (χ3n) is 0. The van der Waals surface area contributed by atoms with Crippen molar-refractivity contribution in [2.24, 2.45) is 0 Å². The molecule has 0 aromatic carbocycles. The van der Waals surface area contributed by atoms with Gasteiger partial charge in [-0.15, -0.1) is 0 Å².